The van der Waals surface area contributed by atoms with E-state index in [0.717, 1.165) is 16.9 Å². The van der Waals surface area contributed by atoms with E-state index in [0.29, 0.717) is 39.6 Å². The number of hydrogen-bond acceptors (Lipinski definition) is 5. The highest BCUT2D eigenvalue weighted by Gasteiger charge is 2.04. The van der Waals surface area contributed by atoms with E-state index in [2.05, 4.69) is 6.07 Å². The maximum atomic E-state index is 5.85. The van der Waals surface area contributed by atoms with Gasteiger partial charge in [0.15, 0.2) is 0 Å². The van der Waals surface area contributed by atoms with E-state index >= 15 is 0 Å². The molecule has 0 amide bonds. The van der Waals surface area contributed by atoms with Crippen molar-refractivity contribution in [1.29, 1.82) is 0 Å². The van der Waals surface area contributed by atoms with Gasteiger partial charge in [0.1, 0.15) is 12.4 Å². The maximum absolute atomic E-state index is 5.85. The van der Waals surface area contributed by atoms with Crippen molar-refractivity contribution in [2.75, 3.05) is 46.8 Å². The first kappa shape index (κ1) is 17.9. The quantitative estimate of drug-likeness (QED) is 0.634. The standard InChI is InChI=1S/C16H27NO4/c1-13-12-15(14(2)17)4-5-16(13)21-11-10-20-9-8-19-7-6-18-3/h4-5,12,14H,6-11,17H2,1-3H3/t14-/m0/s1. The number of ether oxygens (including phenoxy) is 4. The third kappa shape index (κ3) is 7.43. The van der Waals surface area contributed by atoms with Gasteiger partial charge in [0.05, 0.1) is 33.0 Å². The van der Waals surface area contributed by atoms with Crippen molar-refractivity contribution in [3.05, 3.63) is 29.3 Å². The minimum atomic E-state index is 0.0409. The molecule has 21 heavy (non-hydrogen) atoms. The van der Waals surface area contributed by atoms with E-state index in [-0.39, 0.29) is 6.04 Å². The Bertz CT molecular complexity index is 396. The summed E-state index contributed by atoms with van der Waals surface area (Å²) in [4.78, 5) is 0. The average molecular weight is 297 g/mol. The summed E-state index contributed by atoms with van der Waals surface area (Å²) in [5.74, 6) is 0.874. The molecule has 0 bridgehead atoms. The van der Waals surface area contributed by atoms with Crippen molar-refractivity contribution >= 4 is 0 Å². The van der Waals surface area contributed by atoms with Gasteiger partial charge in [-0.1, -0.05) is 12.1 Å². The van der Waals surface area contributed by atoms with Crippen molar-refractivity contribution in [1.82, 2.24) is 0 Å². The van der Waals surface area contributed by atoms with Crippen LogP contribution < -0.4 is 10.5 Å². The molecule has 0 aliphatic heterocycles. The predicted molar refractivity (Wildman–Crippen MR) is 82.8 cm³/mol. The number of aryl methyl sites for hydroxylation is 1. The third-order valence-electron chi connectivity index (χ3n) is 3.01. The van der Waals surface area contributed by atoms with Crippen LogP contribution >= 0.6 is 0 Å². The summed E-state index contributed by atoms with van der Waals surface area (Å²) in [5, 5.41) is 0. The van der Waals surface area contributed by atoms with Gasteiger partial charge in [-0.2, -0.15) is 0 Å². The smallest absolute Gasteiger partial charge is 0.122 e. The van der Waals surface area contributed by atoms with Gasteiger partial charge in [0.25, 0.3) is 0 Å². The highest BCUT2D eigenvalue weighted by molar-refractivity contribution is 5.37. The molecule has 0 unspecified atom stereocenters. The molecular weight excluding hydrogens is 270 g/mol. The maximum Gasteiger partial charge on any atom is 0.122 e. The Balaban J connectivity index is 2.13. The Morgan fingerprint density at radius 3 is 2.19 bits per heavy atom. The predicted octanol–water partition coefficient (Wildman–Crippen LogP) is 2.07. The normalized spacial score (nSPS) is 12.4. The number of methoxy groups -OCH3 is 1. The molecule has 0 aliphatic carbocycles. The zero-order valence-corrected chi connectivity index (χ0v) is 13.3. The Hall–Kier alpha value is -1.14. The van der Waals surface area contributed by atoms with Gasteiger partial charge in [-0.05, 0) is 31.0 Å². The fraction of sp³-hybridized carbons (Fsp3) is 0.625. The molecule has 1 rings (SSSR count). The fourth-order valence-corrected chi connectivity index (χ4v) is 1.79. The van der Waals surface area contributed by atoms with Gasteiger partial charge in [-0.25, -0.2) is 0 Å². The lowest BCUT2D eigenvalue weighted by Gasteiger charge is -2.12. The summed E-state index contributed by atoms with van der Waals surface area (Å²) in [6.45, 7) is 7.41. The Morgan fingerprint density at radius 2 is 1.62 bits per heavy atom. The molecule has 1 aromatic rings. The lowest BCUT2D eigenvalue weighted by atomic mass is 10.1. The molecule has 5 nitrogen and oxygen atoms in total. The summed E-state index contributed by atoms with van der Waals surface area (Å²) in [5.41, 5.74) is 8.06. The molecule has 0 fully saturated rings. The molecule has 0 radical (unpaired) electrons. The summed E-state index contributed by atoms with van der Waals surface area (Å²) < 4.78 is 21.3. The van der Waals surface area contributed by atoms with Crippen LogP contribution in [0.25, 0.3) is 0 Å². The first-order valence-corrected chi connectivity index (χ1v) is 7.28. The summed E-state index contributed by atoms with van der Waals surface area (Å²) >= 11 is 0. The molecule has 0 heterocycles. The van der Waals surface area contributed by atoms with Gasteiger partial charge < -0.3 is 24.7 Å². The lowest BCUT2D eigenvalue weighted by molar-refractivity contribution is 0.0179. The summed E-state index contributed by atoms with van der Waals surface area (Å²) in [7, 11) is 1.65. The van der Waals surface area contributed by atoms with Crippen LogP contribution in [0.3, 0.4) is 0 Å². The van der Waals surface area contributed by atoms with Crippen molar-refractivity contribution in [3.63, 3.8) is 0 Å². The van der Waals surface area contributed by atoms with Crippen LogP contribution in [-0.4, -0.2) is 46.8 Å². The topological polar surface area (TPSA) is 62.9 Å². The van der Waals surface area contributed by atoms with Crippen LogP contribution in [0.2, 0.25) is 0 Å². The lowest BCUT2D eigenvalue weighted by Crippen LogP contribution is -2.12. The Morgan fingerprint density at radius 1 is 1.00 bits per heavy atom. The molecule has 1 atom stereocenters. The number of nitrogens with two attached hydrogens (primary N) is 1. The SMILES string of the molecule is COCCOCCOCCOc1ccc([C@H](C)N)cc1C. The van der Waals surface area contributed by atoms with Crippen LogP contribution in [0.4, 0.5) is 0 Å². The van der Waals surface area contributed by atoms with E-state index in [9.17, 15) is 0 Å². The first-order valence-electron chi connectivity index (χ1n) is 7.28. The number of benzene rings is 1. The van der Waals surface area contributed by atoms with Crippen molar-refractivity contribution in [2.24, 2.45) is 5.73 Å². The molecule has 0 aromatic heterocycles. The van der Waals surface area contributed by atoms with Crippen LogP contribution in [0.5, 0.6) is 5.75 Å². The largest absolute Gasteiger partial charge is 0.491 e. The molecule has 0 spiro atoms. The fourth-order valence-electron chi connectivity index (χ4n) is 1.79. The van der Waals surface area contributed by atoms with Crippen LogP contribution in [0.1, 0.15) is 24.1 Å². The molecule has 5 heteroatoms. The molecule has 0 saturated heterocycles. The van der Waals surface area contributed by atoms with Gasteiger partial charge in [-0.15, -0.1) is 0 Å². The van der Waals surface area contributed by atoms with Crippen LogP contribution in [-0.2, 0) is 14.2 Å². The third-order valence-corrected chi connectivity index (χ3v) is 3.01. The second-order valence-electron chi connectivity index (χ2n) is 4.88. The molecule has 120 valence electrons. The minimum absolute atomic E-state index is 0.0409. The van der Waals surface area contributed by atoms with Crippen molar-refractivity contribution in [2.45, 2.75) is 19.9 Å². The molecule has 2 N–H and O–H groups in total. The molecule has 1 aromatic carbocycles. The van der Waals surface area contributed by atoms with Gasteiger partial charge in [0.2, 0.25) is 0 Å². The van der Waals surface area contributed by atoms with Crippen LogP contribution in [0, 0.1) is 6.92 Å². The monoisotopic (exact) mass is 297 g/mol. The second-order valence-corrected chi connectivity index (χ2v) is 4.88. The average Bonchev–Trinajstić information content (AvgIpc) is 2.46. The van der Waals surface area contributed by atoms with E-state index < -0.39 is 0 Å². The number of rotatable bonds is 11. The zero-order valence-electron chi connectivity index (χ0n) is 13.3. The van der Waals surface area contributed by atoms with Crippen LogP contribution in [0.15, 0.2) is 18.2 Å². The second kappa shape index (κ2) is 10.6. The Kier molecular flexibility index (Phi) is 9.01. The van der Waals surface area contributed by atoms with Gasteiger partial charge in [-0.3, -0.25) is 0 Å². The molecular formula is C16H27NO4. The zero-order chi connectivity index (χ0) is 15.5. The van der Waals surface area contributed by atoms with E-state index in [1.165, 1.54) is 0 Å². The first-order chi connectivity index (χ1) is 10.1. The van der Waals surface area contributed by atoms with E-state index in [1.807, 2.05) is 26.0 Å². The van der Waals surface area contributed by atoms with E-state index in [1.54, 1.807) is 7.11 Å². The van der Waals surface area contributed by atoms with Crippen molar-refractivity contribution < 1.29 is 18.9 Å². The summed E-state index contributed by atoms with van der Waals surface area (Å²) in [6.07, 6.45) is 0. The highest BCUT2D eigenvalue weighted by atomic mass is 16.6. The molecule has 0 aliphatic rings. The highest BCUT2D eigenvalue weighted by Crippen LogP contribution is 2.21. The number of hydrogen-bond donors (Lipinski definition) is 1. The van der Waals surface area contributed by atoms with Crippen molar-refractivity contribution in [3.8, 4) is 5.75 Å². The minimum Gasteiger partial charge on any atom is -0.491 e. The Labute approximate surface area is 127 Å². The van der Waals surface area contributed by atoms with Gasteiger partial charge >= 0.3 is 0 Å². The molecule has 0 saturated carbocycles. The van der Waals surface area contributed by atoms with E-state index in [4.69, 9.17) is 24.7 Å². The summed E-state index contributed by atoms with van der Waals surface area (Å²) in [6, 6.07) is 6.06. The van der Waals surface area contributed by atoms with Gasteiger partial charge in [0, 0.05) is 13.2 Å².